The second kappa shape index (κ2) is 11.0. The lowest BCUT2D eigenvalue weighted by atomic mass is 10.0. The second-order valence-electron chi connectivity index (χ2n) is 7.37. The molecule has 1 fully saturated rings. The molecular weight excluding hydrogens is 437 g/mol. The number of allylic oxidation sites excluding steroid dienone is 4. The molecule has 1 atom stereocenters. The largest absolute Gasteiger partial charge is 0.439 e. The Bertz CT molecular complexity index is 1180. The van der Waals surface area contributed by atoms with Crippen LogP contribution in [0.2, 0.25) is 0 Å². The summed E-state index contributed by atoms with van der Waals surface area (Å²) in [6.45, 7) is 9.94. The van der Waals surface area contributed by atoms with E-state index in [0.29, 0.717) is 25.3 Å². The fraction of sp³-hybridized carbons (Fsp3) is 0.208. The van der Waals surface area contributed by atoms with E-state index in [9.17, 15) is 9.18 Å². The van der Waals surface area contributed by atoms with E-state index in [1.54, 1.807) is 29.2 Å². The number of aromatic nitrogens is 3. The number of pyridine rings is 1. The number of hydrogen-bond donors (Lipinski definition) is 3. The number of nitrogens with zero attached hydrogens (tertiary/aromatic N) is 4. The maximum Gasteiger partial charge on any atom is 0.246 e. The smallest absolute Gasteiger partial charge is 0.246 e. The first-order valence-corrected chi connectivity index (χ1v) is 10.5. The molecule has 1 amide bonds. The minimum Gasteiger partial charge on any atom is -0.439 e. The van der Waals surface area contributed by atoms with Crippen LogP contribution < -0.4 is 15.8 Å². The number of nitrogens with two attached hydrogens (primary N) is 1. The number of carbonyl (C=O) groups is 1. The van der Waals surface area contributed by atoms with Crippen LogP contribution in [-0.2, 0) is 4.79 Å². The monoisotopic (exact) mass is 463 g/mol. The van der Waals surface area contributed by atoms with E-state index in [1.807, 2.05) is 6.92 Å². The van der Waals surface area contributed by atoms with Gasteiger partial charge in [-0.15, -0.1) is 0 Å². The molecule has 1 aliphatic rings. The zero-order valence-electron chi connectivity index (χ0n) is 18.8. The van der Waals surface area contributed by atoms with Crippen molar-refractivity contribution in [2.75, 3.05) is 24.1 Å². The maximum absolute atomic E-state index is 14.9. The molecule has 0 bridgehead atoms. The molecule has 34 heavy (non-hydrogen) atoms. The van der Waals surface area contributed by atoms with Crippen molar-refractivity contribution in [3.63, 3.8) is 0 Å². The van der Waals surface area contributed by atoms with E-state index >= 15 is 0 Å². The molecule has 2 aromatic rings. The highest BCUT2D eigenvalue weighted by Crippen LogP contribution is 2.26. The van der Waals surface area contributed by atoms with Crippen LogP contribution in [0.25, 0.3) is 0 Å². The predicted molar refractivity (Wildman–Crippen MR) is 129 cm³/mol. The Labute approximate surface area is 197 Å². The quantitative estimate of drug-likeness (QED) is 0.171. The highest BCUT2D eigenvalue weighted by atomic mass is 19.1. The SMILES string of the molecule is C=C/C=C(\C=C/C)Oc1ccc(C(=N)c2c(N)ncnc2NC2CCN(C(=O)C=C)C2)c(F)n1. The topological polar surface area (TPSA) is 130 Å². The average Bonchev–Trinajstić information content (AvgIpc) is 3.27. The van der Waals surface area contributed by atoms with Crippen LogP contribution in [0.3, 0.4) is 0 Å². The second-order valence-corrected chi connectivity index (χ2v) is 7.37. The number of carbonyl (C=O) groups excluding carboxylic acids is 1. The van der Waals surface area contributed by atoms with Gasteiger partial charge >= 0.3 is 0 Å². The molecule has 3 rings (SSSR count). The minimum absolute atomic E-state index is 0.0172. The van der Waals surface area contributed by atoms with Gasteiger partial charge in [-0.2, -0.15) is 9.37 Å². The molecule has 9 nitrogen and oxygen atoms in total. The molecule has 4 N–H and O–H groups in total. The number of nitrogen functional groups attached to an aromatic ring is 1. The van der Waals surface area contributed by atoms with Crippen LogP contribution in [0.4, 0.5) is 16.0 Å². The molecule has 2 aromatic heterocycles. The Morgan fingerprint density at radius 2 is 2.18 bits per heavy atom. The molecule has 0 radical (unpaired) electrons. The van der Waals surface area contributed by atoms with Crippen molar-refractivity contribution in [1.82, 2.24) is 19.9 Å². The summed E-state index contributed by atoms with van der Waals surface area (Å²) < 4.78 is 20.5. The summed E-state index contributed by atoms with van der Waals surface area (Å²) in [6.07, 6.45) is 9.80. The molecule has 0 spiro atoms. The number of hydrogen-bond acceptors (Lipinski definition) is 8. The van der Waals surface area contributed by atoms with E-state index in [1.165, 1.54) is 24.5 Å². The van der Waals surface area contributed by atoms with E-state index in [4.69, 9.17) is 15.9 Å². The van der Waals surface area contributed by atoms with Crippen molar-refractivity contribution in [2.45, 2.75) is 19.4 Å². The summed E-state index contributed by atoms with van der Waals surface area (Å²) in [5.41, 5.74) is 5.86. The first-order chi connectivity index (χ1) is 16.4. The van der Waals surface area contributed by atoms with Crippen molar-refractivity contribution in [3.8, 4) is 5.88 Å². The molecule has 10 heteroatoms. The van der Waals surface area contributed by atoms with Crippen LogP contribution in [0.5, 0.6) is 5.88 Å². The van der Waals surface area contributed by atoms with Gasteiger partial charge < -0.3 is 20.7 Å². The van der Waals surface area contributed by atoms with Crippen molar-refractivity contribution in [2.24, 2.45) is 0 Å². The zero-order chi connectivity index (χ0) is 24.7. The summed E-state index contributed by atoms with van der Waals surface area (Å²) in [7, 11) is 0. The van der Waals surface area contributed by atoms with Crippen LogP contribution in [0.1, 0.15) is 24.5 Å². The van der Waals surface area contributed by atoms with Gasteiger partial charge in [-0.3, -0.25) is 10.2 Å². The number of rotatable bonds is 9. The highest BCUT2D eigenvalue weighted by molar-refractivity contribution is 6.16. The van der Waals surface area contributed by atoms with E-state index in [0.717, 1.165) is 0 Å². The Morgan fingerprint density at radius 3 is 2.85 bits per heavy atom. The molecule has 1 unspecified atom stereocenters. The van der Waals surface area contributed by atoms with Gasteiger partial charge in [0.25, 0.3) is 0 Å². The summed E-state index contributed by atoms with van der Waals surface area (Å²) in [5.74, 6) is -0.314. The van der Waals surface area contributed by atoms with Gasteiger partial charge in [-0.05, 0) is 37.6 Å². The maximum atomic E-state index is 14.9. The van der Waals surface area contributed by atoms with E-state index < -0.39 is 5.95 Å². The third-order valence-electron chi connectivity index (χ3n) is 5.07. The minimum atomic E-state index is -0.904. The Balaban J connectivity index is 1.85. The van der Waals surface area contributed by atoms with Crippen LogP contribution in [0.15, 0.2) is 67.8 Å². The molecule has 0 aliphatic carbocycles. The lowest BCUT2D eigenvalue weighted by Crippen LogP contribution is -2.31. The Hall–Kier alpha value is -4.34. The fourth-order valence-corrected chi connectivity index (χ4v) is 3.48. The standard InChI is InChI=1S/C24H26FN7O2/c1-4-7-16(8-5-2)34-18-10-9-17(22(25)31-18)21(26)20-23(27)28-14-29-24(20)30-15-11-12-32(13-15)19(33)6-3/h4-10,14-15,26H,1,3,11-13H2,2H3,(H3,27,28,29,30)/b8-5-,16-7+,26-21?. The van der Waals surface area contributed by atoms with Gasteiger partial charge in [-0.25, -0.2) is 9.97 Å². The van der Waals surface area contributed by atoms with Crippen molar-refractivity contribution >= 4 is 23.3 Å². The molecule has 0 aromatic carbocycles. The Morgan fingerprint density at radius 1 is 1.38 bits per heavy atom. The molecule has 1 saturated heterocycles. The third kappa shape index (κ3) is 5.52. The molecule has 0 saturated carbocycles. The average molecular weight is 464 g/mol. The molecule has 1 aliphatic heterocycles. The highest BCUT2D eigenvalue weighted by Gasteiger charge is 2.27. The summed E-state index contributed by atoms with van der Waals surface area (Å²) in [5, 5.41) is 11.8. The third-order valence-corrected chi connectivity index (χ3v) is 5.07. The fourth-order valence-electron chi connectivity index (χ4n) is 3.48. The van der Waals surface area contributed by atoms with Gasteiger partial charge in [-0.1, -0.05) is 25.3 Å². The van der Waals surface area contributed by atoms with Crippen molar-refractivity contribution in [1.29, 1.82) is 5.41 Å². The zero-order valence-corrected chi connectivity index (χ0v) is 18.8. The van der Waals surface area contributed by atoms with Crippen molar-refractivity contribution < 1.29 is 13.9 Å². The number of likely N-dealkylation sites (tertiary alicyclic amines) is 1. The summed E-state index contributed by atoms with van der Waals surface area (Å²) in [6, 6.07) is 2.72. The van der Waals surface area contributed by atoms with E-state index in [-0.39, 0.29) is 46.3 Å². The number of nitrogens with one attached hydrogen (secondary N) is 2. The van der Waals surface area contributed by atoms with Gasteiger partial charge in [0, 0.05) is 25.2 Å². The van der Waals surface area contributed by atoms with Crippen LogP contribution >= 0.6 is 0 Å². The number of halogens is 1. The number of ether oxygens (including phenoxy) is 1. The summed E-state index contributed by atoms with van der Waals surface area (Å²) >= 11 is 0. The van der Waals surface area contributed by atoms with E-state index in [2.05, 4.69) is 33.4 Å². The summed E-state index contributed by atoms with van der Waals surface area (Å²) in [4.78, 5) is 25.5. The lowest BCUT2D eigenvalue weighted by molar-refractivity contribution is -0.125. The lowest BCUT2D eigenvalue weighted by Gasteiger charge is -2.18. The number of anilines is 2. The molecule has 176 valence electrons. The predicted octanol–water partition coefficient (Wildman–Crippen LogP) is 3.23. The van der Waals surface area contributed by atoms with Crippen LogP contribution in [0, 0.1) is 11.4 Å². The molecule has 3 heterocycles. The first-order valence-electron chi connectivity index (χ1n) is 10.5. The number of amides is 1. The molecular formula is C24H26FN7O2. The van der Waals surface area contributed by atoms with Gasteiger partial charge in [0.05, 0.1) is 16.8 Å². The Kier molecular flexibility index (Phi) is 7.86. The van der Waals surface area contributed by atoms with Gasteiger partial charge in [0.15, 0.2) is 0 Å². The normalized spacial score (nSPS) is 15.9. The van der Waals surface area contributed by atoms with Crippen LogP contribution in [-0.4, -0.2) is 50.6 Å². The van der Waals surface area contributed by atoms with Gasteiger partial charge in [0.2, 0.25) is 17.7 Å². The van der Waals surface area contributed by atoms with Crippen molar-refractivity contribution in [3.05, 3.63) is 84.8 Å². The first kappa shape index (κ1) is 24.3. The van der Waals surface area contributed by atoms with Gasteiger partial charge in [0.1, 0.15) is 23.7 Å².